The average molecular weight is 269 g/mol. The van der Waals surface area contributed by atoms with E-state index in [9.17, 15) is 4.79 Å². The largest absolute Gasteiger partial charge is 0.355 e. The number of benzene rings is 1. The first kappa shape index (κ1) is 12.9. The van der Waals surface area contributed by atoms with Crippen LogP contribution in [0.2, 0.25) is 0 Å². The van der Waals surface area contributed by atoms with Crippen LogP contribution in [0, 0.1) is 0 Å². The third kappa shape index (κ3) is 3.07. The number of imidazole rings is 1. The Balaban J connectivity index is 1.49. The van der Waals surface area contributed by atoms with Gasteiger partial charge in [-0.05, 0) is 36.0 Å². The lowest BCUT2D eigenvalue weighted by Gasteiger charge is -2.06. The molecule has 2 aromatic rings. The van der Waals surface area contributed by atoms with Crippen molar-refractivity contribution in [1.29, 1.82) is 0 Å². The summed E-state index contributed by atoms with van der Waals surface area (Å²) in [6, 6.07) is 6.44. The van der Waals surface area contributed by atoms with Crippen molar-refractivity contribution in [3.63, 3.8) is 0 Å². The molecule has 1 heterocycles. The van der Waals surface area contributed by atoms with Gasteiger partial charge in [0.1, 0.15) is 5.82 Å². The number of amides is 1. The lowest BCUT2D eigenvalue weighted by Crippen LogP contribution is -2.27. The molecule has 0 bridgehead atoms. The second-order valence-corrected chi connectivity index (χ2v) is 5.27. The number of H-pyrrole nitrogens is 1. The highest BCUT2D eigenvalue weighted by Crippen LogP contribution is 2.22. The molecule has 0 unspecified atom stereocenters. The van der Waals surface area contributed by atoms with Gasteiger partial charge in [-0.1, -0.05) is 18.2 Å². The van der Waals surface area contributed by atoms with Crippen LogP contribution in [0.15, 0.2) is 30.6 Å². The molecule has 0 radical (unpaired) electrons. The number of carbonyl (C=O) groups is 1. The molecule has 0 saturated heterocycles. The third-order valence-electron chi connectivity index (χ3n) is 3.77. The molecule has 1 aliphatic carbocycles. The fraction of sp³-hybridized carbons (Fsp3) is 0.375. The number of fused-ring (bicyclic) bond motifs is 1. The van der Waals surface area contributed by atoms with Crippen LogP contribution in [0.1, 0.15) is 28.9 Å². The van der Waals surface area contributed by atoms with E-state index in [2.05, 4.69) is 33.5 Å². The Kier molecular flexibility index (Phi) is 3.81. The Hall–Kier alpha value is -2.10. The number of rotatable bonds is 5. The standard InChI is InChI=1S/C16H19N3O/c20-16(19-7-6-15-17-8-9-18-15)11-12-4-5-13-2-1-3-14(13)10-12/h4-5,8-10H,1-3,6-7,11H2,(H,17,18)(H,19,20). The summed E-state index contributed by atoms with van der Waals surface area (Å²) >= 11 is 0. The monoisotopic (exact) mass is 269 g/mol. The van der Waals surface area contributed by atoms with E-state index in [1.165, 1.54) is 24.0 Å². The van der Waals surface area contributed by atoms with Crippen LogP contribution < -0.4 is 5.32 Å². The maximum atomic E-state index is 11.9. The summed E-state index contributed by atoms with van der Waals surface area (Å²) in [6.45, 7) is 0.622. The molecule has 0 fully saturated rings. The number of hydrogen-bond acceptors (Lipinski definition) is 2. The van der Waals surface area contributed by atoms with Crippen molar-refractivity contribution in [1.82, 2.24) is 15.3 Å². The molecule has 1 aromatic carbocycles. The fourth-order valence-corrected chi connectivity index (χ4v) is 2.74. The van der Waals surface area contributed by atoms with E-state index in [1.807, 2.05) is 0 Å². The number of hydrogen-bond donors (Lipinski definition) is 2. The van der Waals surface area contributed by atoms with E-state index in [-0.39, 0.29) is 5.91 Å². The van der Waals surface area contributed by atoms with Crippen molar-refractivity contribution >= 4 is 5.91 Å². The van der Waals surface area contributed by atoms with E-state index in [0.717, 1.165) is 24.2 Å². The summed E-state index contributed by atoms with van der Waals surface area (Å²) in [6.07, 6.45) is 8.31. The summed E-state index contributed by atoms with van der Waals surface area (Å²) in [5.41, 5.74) is 3.99. The molecule has 20 heavy (non-hydrogen) atoms. The fourth-order valence-electron chi connectivity index (χ4n) is 2.74. The molecule has 1 amide bonds. The highest BCUT2D eigenvalue weighted by Gasteiger charge is 2.12. The van der Waals surface area contributed by atoms with Crippen molar-refractivity contribution in [2.75, 3.05) is 6.54 Å². The Morgan fingerprint density at radius 1 is 1.30 bits per heavy atom. The molecule has 1 aliphatic rings. The van der Waals surface area contributed by atoms with Gasteiger partial charge in [0.05, 0.1) is 6.42 Å². The smallest absolute Gasteiger partial charge is 0.224 e. The molecule has 104 valence electrons. The quantitative estimate of drug-likeness (QED) is 0.869. The second-order valence-electron chi connectivity index (χ2n) is 5.27. The van der Waals surface area contributed by atoms with Gasteiger partial charge >= 0.3 is 0 Å². The number of aromatic amines is 1. The topological polar surface area (TPSA) is 57.8 Å². The van der Waals surface area contributed by atoms with Crippen molar-refractivity contribution in [2.45, 2.75) is 32.1 Å². The maximum absolute atomic E-state index is 11.9. The molecule has 0 spiro atoms. The lowest BCUT2D eigenvalue weighted by molar-refractivity contribution is -0.120. The zero-order valence-corrected chi connectivity index (χ0v) is 11.5. The SMILES string of the molecule is O=C(Cc1ccc2c(c1)CCC2)NCCc1ncc[nH]1. The van der Waals surface area contributed by atoms with Gasteiger partial charge in [0, 0.05) is 25.4 Å². The second kappa shape index (κ2) is 5.90. The zero-order chi connectivity index (χ0) is 13.8. The molecule has 0 aliphatic heterocycles. The van der Waals surface area contributed by atoms with Gasteiger partial charge in [-0.15, -0.1) is 0 Å². The van der Waals surface area contributed by atoms with Gasteiger partial charge in [0.25, 0.3) is 0 Å². The third-order valence-corrected chi connectivity index (χ3v) is 3.77. The van der Waals surface area contributed by atoms with Gasteiger partial charge in [-0.2, -0.15) is 0 Å². The van der Waals surface area contributed by atoms with Crippen LogP contribution in [0.3, 0.4) is 0 Å². The molecule has 1 aromatic heterocycles. The zero-order valence-electron chi connectivity index (χ0n) is 11.5. The van der Waals surface area contributed by atoms with Crippen LogP contribution in [-0.2, 0) is 30.5 Å². The summed E-state index contributed by atoms with van der Waals surface area (Å²) in [7, 11) is 0. The maximum Gasteiger partial charge on any atom is 0.224 e. The minimum absolute atomic E-state index is 0.0782. The summed E-state index contributed by atoms with van der Waals surface area (Å²) in [4.78, 5) is 19.1. The number of carbonyl (C=O) groups excluding carboxylic acids is 1. The van der Waals surface area contributed by atoms with E-state index >= 15 is 0 Å². The van der Waals surface area contributed by atoms with Crippen LogP contribution in [-0.4, -0.2) is 22.4 Å². The van der Waals surface area contributed by atoms with Gasteiger partial charge in [0.15, 0.2) is 0 Å². The molecule has 4 nitrogen and oxygen atoms in total. The van der Waals surface area contributed by atoms with E-state index in [1.54, 1.807) is 12.4 Å². The van der Waals surface area contributed by atoms with E-state index < -0.39 is 0 Å². The van der Waals surface area contributed by atoms with Gasteiger partial charge in [0.2, 0.25) is 5.91 Å². The first-order valence-corrected chi connectivity index (χ1v) is 7.17. The molecular weight excluding hydrogens is 250 g/mol. The Bertz CT molecular complexity index is 590. The Morgan fingerprint density at radius 3 is 3.05 bits per heavy atom. The van der Waals surface area contributed by atoms with Crippen molar-refractivity contribution in [3.05, 3.63) is 53.1 Å². The molecule has 2 N–H and O–H groups in total. The van der Waals surface area contributed by atoms with Crippen molar-refractivity contribution in [2.24, 2.45) is 0 Å². The highest BCUT2D eigenvalue weighted by molar-refractivity contribution is 5.78. The first-order valence-electron chi connectivity index (χ1n) is 7.17. The predicted molar refractivity (Wildman–Crippen MR) is 77.5 cm³/mol. The number of nitrogens with zero attached hydrogens (tertiary/aromatic N) is 1. The first-order chi connectivity index (χ1) is 9.81. The minimum Gasteiger partial charge on any atom is -0.355 e. The summed E-state index contributed by atoms with van der Waals surface area (Å²) in [5, 5.41) is 2.94. The summed E-state index contributed by atoms with van der Waals surface area (Å²) < 4.78 is 0. The average Bonchev–Trinajstić information content (AvgIpc) is 3.08. The van der Waals surface area contributed by atoms with Crippen LogP contribution in [0.25, 0.3) is 0 Å². The van der Waals surface area contributed by atoms with Gasteiger partial charge < -0.3 is 10.3 Å². The molecular formula is C16H19N3O. The number of nitrogens with one attached hydrogen (secondary N) is 2. The minimum atomic E-state index is 0.0782. The van der Waals surface area contributed by atoms with Gasteiger partial charge in [-0.25, -0.2) is 4.98 Å². The number of aromatic nitrogens is 2. The predicted octanol–water partition coefficient (Wildman–Crippen LogP) is 1.80. The lowest BCUT2D eigenvalue weighted by atomic mass is 10.0. The molecule has 4 heteroatoms. The van der Waals surface area contributed by atoms with Gasteiger partial charge in [-0.3, -0.25) is 4.79 Å². The number of aryl methyl sites for hydroxylation is 2. The highest BCUT2D eigenvalue weighted by atomic mass is 16.1. The molecule has 0 saturated carbocycles. The van der Waals surface area contributed by atoms with Crippen molar-refractivity contribution < 1.29 is 4.79 Å². The van der Waals surface area contributed by atoms with E-state index in [0.29, 0.717) is 13.0 Å². The van der Waals surface area contributed by atoms with Crippen molar-refractivity contribution in [3.8, 4) is 0 Å². The van der Waals surface area contributed by atoms with Crippen LogP contribution in [0.5, 0.6) is 0 Å². The Morgan fingerprint density at radius 2 is 2.20 bits per heavy atom. The summed E-state index contributed by atoms with van der Waals surface area (Å²) in [5.74, 6) is 0.984. The Labute approximate surface area is 118 Å². The molecule has 0 atom stereocenters. The van der Waals surface area contributed by atoms with E-state index in [4.69, 9.17) is 0 Å². The normalized spacial score (nSPS) is 13.2. The van der Waals surface area contributed by atoms with Crippen LogP contribution in [0.4, 0.5) is 0 Å². The van der Waals surface area contributed by atoms with Crippen LogP contribution >= 0.6 is 0 Å². The molecule has 3 rings (SSSR count).